The smallest absolute Gasteiger partial charge is 0.255 e. The van der Waals surface area contributed by atoms with Gasteiger partial charge in [-0.2, -0.15) is 0 Å². The van der Waals surface area contributed by atoms with Crippen molar-refractivity contribution in [3.63, 3.8) is 0 Å². The fourth-order valence-corrected chi connectivity index (χ4v) is 2.06. The molecular formula is C20H16N4Zn+2. The predicted molar refractivity (Wildman–Crippen MR) is 94.9 cm³/mol. The van der Waals surface area contributed by atoms with Crippen LogP contribution in [0.15, 0.2) is 97.6 Å². The van der Waals surface area contributed by atoms with Gasteiger partial charge in [-0.3, -0.25) is 19.9 Å². The van der Waals surface area contributed by atoms with Gasteiger partial charge in [0.2, 0.25) is 0 Å². The minimum atomic E-state index is 0. The van der Waals surface area contributed by atoms with Crippen LogP contribution in [-0.4, -0.2) is 19.9 Å². The number of rotatable bonds is 2. The van der Waals surface area contributed by atoms with E-state index in [9.17, 15) is 0 Å². The molecule has 4 aromatic heterocycles. The van der Waals surface area contributed by atoms with Gasteiger partial charge in [-0.25, -0.2) is 0 Å². The van der Waals surface area contributed by atoms with Gasteiger partial charge in [0.05, 0.1) is 22.8 Å². The zero-order chi connectivity index (χ0) is 16.5. The van der Waals surface area contributed by atoms with E-state index < -0.39 is 0 Å². The van der Waals surface area contributed by atoms with E-state index in [1.807, 2.05) is 72.8 Å². The molecule has 0 fully saturated rings. The first-order valence-corrected chi connectivity index (χ1v) is 7.58. The van der Waals surface area contributed by atoms with Gasteiger partial charge in [0.1, 0.15) is 0 Å². The Morgan fingerprint density at radius 2 is 0.600 bits per heavy atom. The first kappa shape index (κ1) is 18.6. The minimum Gasteiger partial charge on any atom is -0.255 e. The van der Waals surface area contributed by atoms with Gasteiger partial charge in [-0.05, 0) is 48.5 Å². The zero-order valence-corrected chi connectivity index (χ0v) is 16.7. The average Bonchev–Trinajstić information content (AvgIpc) is 2.71. The number of hydrogen-bond donors (Lipinski definition) is 0. The Bertz CT molecular complexity index is 692. The van der Waals surface area contributed by atoms with Gasteiger partial charge in [-0.15, -0.1) is 0 Å². The van der Waals surface area contributed by atoms with Crippen molar-refractivity contribution in [3.8, 4) is 22.8 Å². The van der Waals surface area contributed by atoms with Gasteiger partial charge in [0.15, 0.2) is 0 Å². The maximum absolute atomic E-state index is 4.19. The summed E-state index contributed by atoms with van der Waals surface area (Å²) in [6.07, 6.45) is 7.07. The van der Waals surface area contributed by atoms with Crippen molar-refractivity contribution in [3.05, 3.63) is 97.6 Å². The summed E-state index contributed by atoms with van der Waals surface area (Å²) in [5.74, 6) is 0. The van der Waals surface area contributed by atoms with E-state index in [1.165, 1.54) is 0 Å². The van der Waals surface area contributed by atoms with Crippen molar-refractivity contribution in [1.29, 1.82) is 0 Å². The Morgan fingerprint density at radius 3 is 0.760 bits per heavy atom. The molecule has 0 bridgehead atoms. The molecule has 0 saturated carbocycles. The van der Waals surface area contributed by atoms with Crippen molar-refractivity contribution in [2.45, 2.75) is 0 Å². The number of hydrogen-bond acceptors (Lipinski definition) is 4. The molecule has 0 radical (unpaired) electrons. The maximum atomic E-state index is 4.19. The van der Waals surface area contributed by atoms with Gasteiger partial charge < -0.3 is 0 Å². The Labute approximate surface area is 159 Å². The molecule has 4 rings (SSSR count). The monoisotopic (exact) mass is 376 g/mol. The third-order valence-electron chi connectivity index (χ3n) is 3.18. The molecule has 4 nitrogen and oxygen atoms in total. The van der Waals surface area contributed by atoms with Gasteiger partial charge in [0.25, 0.3) is 0 Å². The van der Waals surface area contributed by atoms with Gasteiger partial charge in [0, 0.05) is 24.8 Å². The molecule has 0 amide bonds. The Kier molecular flexibility index (Phi) is 7.55. The van der Waals surface area contributed by atoms with Crippen LogP contribution in [0.1, 0.15) is 0 Å². The first-order valence-electron chi connectivity index (χ1n) is 7.58. The van der Waals surface area contributed by atoms with Crippen molar-refractivity contribution in [1.82, 2.24) is 19.9 Å². The molecule has 4 heterocycles. The van der Waals surface area contributed by atoms with E-state index in [2.05, 4.69) is 19.9 Å². The van der Waals surface area contributed by atoms with Crippen LogP contribution in [0.4, 0.5) is 0 Å². The van der Waals surface area contributed by atoms with E-state index in [0.717, 1.165) is 22.8 Å². The summed E-state index contributed by atoms with van der Waals surface area (Å²) in [7, 11) is 0. The molecule has 0 aromatic carbocycles. The molecule has 0 aliphatic rings. The number of aromatic nitrogens is 4. The fourth-order valence-electron chi connectivity index (χ4n) is 2.06. The van der Waals surface area contributed by atoms with E-state index >= 15 is 0 Å². The second kappa shape index (κ2) is 10.2. The molecule has 0 atom stereocenters. The summed E-state index contributed by atoms with van der Waals surface area (Å²) >= 11 is 0. The summed E-state index contributed by atoms with van der Waals surface area (Å²) < 4.78 is 0. The Hall–Kier alpha value is -2.78. The third kappa shape index (κ3) is 5.66. The fraction of sp³-hybridized carbons (Fsp3) is 0. The summed E-state index contributed by atoms with van der Waals surface area (Å²) in [6, 6.07) is 23.2. The van der Waals surface area contributed by atoms with E-state index in [-0.39, 0.29) is 19.5 Å². The van der Waals surface area contributed by atoms with Crippen molar-refractivity contribution in [2.24, 2.45) is 0 Å². The summed E-state index contributed by atoms with van der Waals surface area (Å²) in [5, 5.41) is 0. The van der Waals surface area contributed by atoms with Crippen molar-refractivity contribution in [2.75, 3.05) is 0 Å². The summed E-state index contributed by atoms with van der Waals surface area (Å²) in [5.41, 5.74) is 3.66. The molecule has 0 spiro atoms. The quantitative estimate of drug-likeness (QED) is 0.489. The third-order valence-corrected chi connectivity index (χ3v) is 3.18. The van der Waals surface area contributed by atoms with E-state index in [1.54, 1.807) is 24.8 Å². The van der Waals surface area contributed by atoms with Crippen molar-refractivity contribution >= 4 is 0 Å². The average molecular weight is 378 g/mol. The summed E-state index contributed by atoms with van der Waals surface area (Å²) in [6.45, 7) is 0. The van der Waals surface area contributed by atoms with E-state index in [0.29, 0.717) is 0 Å². The van der Waals surface area contributed by atoms with Crippen LogP contribution < -0.4 is 0 Å². The second-order valence-electron chi connectivity index (χ2n) is 4.86. The van der Waals surface area contributed by atoms with Crippen LogP contribution >= 0.6 is 0 Å². The SMILES string of the molecule is [Zn+2].c1ccc(-c2ccccn2)nc1.c1ccc(-c2ccccn2)nc1. The molecule has 25 heavy (non-hydrogen) atoms. The normalized spacial score (nSPS) is 9.28. The van der Waals surface area contributed by atoms with Crippen LogP contribution in [0, 0.1) is 0 Å². The zero-order valence-electron chi connectivity index (χ0n) is 13.7. The molecular weight excluding hydrogens is 362 g/mol. The van der Waals surface area contributed by atoms with Crippen LogP contribution in [0.5, 0.6) is 0 Å². The molecule has 0 unspecified atom stereocenters. The minimum absolute atomic E-state index is 0. The molecule has 0 aliphatic carbocycles. The van der Waals surface area contributed by atoms with Gasteiger partial charge in [-0.1, -0.05) is 24.3 Å². The van der Waals surface area contributed by atoms with Crippen LogP contribution in [0.2, 0.25) is 0 Å². The Balaban J connectivity index is 0.000000173. The molecule has 5 heteroatoms. The number of pyridine rings is 4. The van der Waals surface area contributed by atoms with Crippen LogP contribution in [0.25, 0.3) is 22.8 Å². The topological polar surface area (TPSA) is 51.6 Å². The molecule has 116 valence electrons. The predicted octanol–water partition coefficient (Wildman–Crippen LogP) is 4.28. The molecule has 0 N–H and O–H groups in total. The molecule has 0 aliphatic heterocycles. The summed E-state index contributed by atoms with van der Waals surface area (Å²) in [4.78, 5) is 16.7. The van der Waals surface area contributed by atoms with Crippen molar-refractivity contribution < 1.29 is 19.5 Å². The van der Waals surface area contributed by atoms with Crippen LogP contribution in [0.3, 0.4) is 0 Å². The van der Waals surface area contributed by atoms with E-state index in [4.69, 9.17) is 0 Å². The largest absolute Gasteiger partial charge is 2.00 e. The van der Waals surface area contributed by atoms with Crippen LogP contribution in [-0.2, 0) is 19.5 Å². The standard InChI is InChI=1S/2C10H8N2.Zn/c2*1-3-7-11-9(5-1)10-6-2-4-8-12-10;/h2*1-8H;/q;;+2. The first-order chi connectivity index (χ1) is 11.9. The molecule has 4 aromatic rings. The molecule has 0 saturated heterocycles. The second-order valence-corrected chi connectivity index (χ2v) is 4.86. The van der Waals surface area contributed by atoms with Gasteiger partial charge >= 0.3 is 19.5 Å². The Morgan fingerprint density at radius 1 is 0.360 bits per heavy atom. The maximum Gasteiger partial charge on any atom is 2.00 e. The number of nitrogens with zero attached hydrogens (tertiary/aromatic N) is 4.